The maximum Gasteiger partial charge on any atom is 0.255 e. The molecule has 25 heavy (non-hydrogen) atoms. The fourth-order valence-electron chi connectivity index (χ4n) is 3.52. The van der Waals surface area contributed by atoms with Gasteiger partial charge in [0.05, 0.1) is 6.26 Å². The minimum absolute atomic E-state index is 0.143. The molecule has 0 radical (unpaired) electrons. The van der Waals surface area contributed by atoms with Crippen molar-refractivity contribution in [3.63, 3.8) is 0 Å². The normalized spacial score (nSPS) is 14.8. The van der Waals surface area contributed by atoms with Crippen LogP contribution in [0.5, 0.6) is 0 Å². The molecule has 1 atom stereocenters. The number of para-hydroxylation sites is 1. The van der Waals surface area contributed by atoms with Crippen LogP contribution in [0, 0.1) is 0 Å². The number of nitrogens with zero attached hydrogens (tertiary/aromatic N) is 1. The lowest BCUT2D eigenvalue weighted by atomic mass is 10.00. The Morgan fingerprint density at radius 1 is 1.24 bits per heavy atom. The molecule has 0 saturated carbocycles. The minimum atomic E-state index is -0.571. The molecule has 0 saturated heterocycles. The van der Waals surface area contributed by atoms with Crippen LogP contribution < -0.4 is 5.73 Å². The second-order valence-corrected chi connectivity index (χ2v) is 6.28. The van der Waals surface area contributed by atoms with E-state index in [2.05, 4.69) is 0 Å². The van der Waals surface area contributed by atoms with Gasteiger partial charge in [-0.2, -0.15) is 0 Å². The average Bonchev–Trinajstić information content (AvgIpc) is 3.17. The fraction of sp³-hybridized carbons (Fsp3) is 0.200. The van der Waals surface area contributed by atoms with Crippen LogP contribution in [0.3, 0.4) is 0 Å². The molecule has 1 aliphatic heterocycles. The molecule has 4 rings (SSSR count). The summed E-state index contributed by atoms with van der Waals surface area (Å²) in [6.07, 6.45) is 2.22. The third-order valence-electron chi connectivity index (χ3n) is 4.83. The largest absolute Gasteiger partial charge is 0.464 e. The topological polar surface area (TPSA) is 76.5 Å². The molecule has 2 aromatic carbocycles. The Balaban J connectivity index is 1.75. The smallest absolute Gasteiger partial charge is 0.255 e. The summed E-state index contributed by atoms with van der Waals surface area (Å²) in [5, 5.41) is 1.01. The number of rotatable bonds is 4. The Bertz CT molecular complexity index is 990. The molecular formula is C20H18N2O3. The Morgan fingerprint density at radius 2 is 2.04 bits per heavy atom. The maximum absolute atomic E-state index is 12.8. The van der Waals surface area contributed by atoms with Gasteiger partial charge in [0.25, 0.3) is 5.91 Å². The van der Waals surface area contributed by atoms with Gasteiger partial charge in [0, 0.05) is 23.1 Å². The van der Waals surface area contributed by atoms with Crippen molar-refractivity contribution in [3.8, 4) is 11.1 Å². The molecule has 2 N–H and O–H groups in total. The molecule has 0 aliphatic carbocycles. The van der Waals surface area contributed by atoms with Gasteiger partial charge in [0.1, 0.15) is 11.6 Å². The number of benzene rings is 2. The summed E-state index contributed by atoms with van der Waals surface area (Å²) in [5.74, 6) is -0.611. The number of hydrogen-bond acceptors (Lipinski definition) is 3. The summed E-state index contributed by atoms with van der Waals surface area (Å²) >= 11 is 0. The van der Waals surface area contributed by atoms with Crippen LogP contribution in [0.4, 0.5) is 0 Å². The van der Waals surface area contributed by atoms with E-state index in [1.54, 1.807) is 11.2 Å². The zero-order valence-corrected chi connectivity index (χ0v) is 13.9. The molecule has 1 aliphatic rings. The summed E-state index contributed by atoms with van der Waals surface area (Å²) < 4.78 is 5.60. The monoisotopic (exact) mass is 334 g/mol. The van der Waals surface area contributed by atoms with E-state index < -0.39 is 11.9 Å². The lowest BCUT2D eigenvalue weighted by Crippen LogP contribution is -2.44. The number of primary amides is 1. The van der Waals surface area contributed by atoms with Gasteiger partial charge in [-0.3, -0.25) is 9.59 Å². The van der Waals surface area contributed by atoms with Crippen molar-refractivity contribution >= 4 is 22.8 Å². The molecule has 0 spiro atoms. The zero-order chi connectivity index (χ0) is 17.6. The Morgan fingerprint density at radius 3 is 2.80 bits per heavy atom. The van der Waals surface area contributed by atoms with E-state index in [0.717, 1.165) is 27.7 Å². The van der Waals surface area contributed by atoms with Crippen molar-refractivity contribution < 1.29 is 14.0 Å². The molecule has 0 bridgehead atoms. The van der Waals surface area contributed by atoms with Crippen LogP contribution >= 0.6 is 0 Å². The second kappa shape index (κ2) is 5.77. The second-order valence-electron chi connectivity index (χ2n) is 6.28. The summed E-state index contributed by atoms with van der Waals surface area (Å²) in [6.45, 7) is 2.27. The van der Waals surface area contributed by atoms with Crippen LogP contribution in [0.25, 0.3) is 22.1 Å². The summed E-state index contributed by atoms with van der Waals surface area (Å²) in [5.41, 5.74) is 9.68. The van der Waals surface area contributed by atoms with Crippen LogP contribution in [0.15, 0.2) is 53.1 Å². The number of fused-ring (bicyclic) bond motifs is 2. The van der Waals surface area contributed by atoms with Crippen molar-refractivity contribution in [2.24, 2.45) is 5.73 Å². The molecule has 5 nitrogen and oxygen atoms in total. The van der Waals surface area contributed by atoms with E-state index in [4.69, 9.17) is 10.2 Å². The van der Waals surface area contributed by atoms with Crippen molar-refractivity contribution in [2.75, 3.05) is 0 Å². The molecule has 5 heteroatoms. The molecule has 3 aromatic rings. The highest BCUT2D eigenvalue weighted by Gasteiger charge is 2.34. The van der Waals surface area contributed by atoms with Crippen LogP contribution in [0.1, 0.15) is 29.3 Å². The third-order valence-corrected chi connectivity index (χ3v) is 4.83. The van der Waals surface area contributed by atoms with Crippen LogP contribution in [0.2, 0.25) is 0 Å². The highest BCUT2D eigenvalue weighted by atomic mass is 16.3. The molecule has 0 fully saturated rings. The highest BCUT2D eigenvalue weighted by molar-refractivity contribution is 6.03. The van der Waals surface area contributed by atoms with Gasteiger partial charge in [-0.25, -0.2) is 0 Å². The van der Waals surface area contributed by atoms with Gasteiger partial charge >= 0.3 is 0 Å². The van der Waals surface area contributed by atoms with E-state index in [9.17, 15) is 9.59 Å². The van der Waals surface area contributed by atoms with Gasteiger partial charge in [0.2, 0.25) is 5.91 Å². The highest BCUT2D eigenvalue weighted by Crippen LogP contribution is 2.34. The number of amides is 2. The molecule has 2 heterocycles. The van der Waals surface area contributed by atoms with Gasteiger partial charge in [-0.05, 0) is 29.7 Å². The maximum atomic E-state index is 12.8. The number of furan rings is 1. The Kier molecular flexibility index (Phi) is 3.57. The number of hydrogen-bond donors (Lipinski definition) is 1. The molecule has 126 valence electrons. The van der Waals surface area contributed by atoms with Crippen molar-refractivity contribution in [1.82, 2.24) is 4.90 Å². The first-order valence-corrected chi connectivity index (χ1v) is 8.30. The third kappa shape index (κ3) is 2.39. The van der Waals surface area contributed by atoms with E-state index >= 15 is 0 Å². The number of carbonyl (C=O) groups excluding carboxylic acids is 2. The first-order valence-electron chi connectivity index (χ1n) is 8.30. The zero-order valence-electron chi connectivity index (χ0n) is 13.9. The van der Waals surface area contributed by atoms with E-state index in [1.807, 2.05) is 49.4 Å². The van der Waals surface area contributed by atoms with E-state index in [1.165, 1.54) is 0 Å². The van der Waals surface area contributed by atoms with Gasteiger partial charge in [-0.1, -0.05) is 37.3 Å². The Labute approximate surface area is 145 Å². The van der Waals surface area contributed by atoms with Crippen molar-refractivity contribution in [3.05, 3.63) is 59.9 Å². The predicted octanol–water partition coefficient (Wildman–Crippen LogP) is 3.32. The van der Waals surface area contributed by atoms with Crippen LogP contribution in [-0.2, 0) is 11.3 Å². The Hall–Kier alpha value is -3.08. The SMILES string of the molecule is CCC(C(N)=O)N1Cc2ccc(-c3coc4ccccc34)cc2C1=O. The first-order chi connectivity index (χ1) is 12.1. The van der Waals surface area contributed by atoms with Crippen LogP contribution in [-0.4, -0.2) is 22.8 Å². The molecule has 1 unspecified atom stereocenters. The van der Waals surface area contributed by atoms with Crippen molar-refractivity contribution in [1.29, 1.82) is 0 Å². The van der Waals surface area contributed by atoms with Gasteiger partial charge < -0.3 is 15.1 Å². The summed E-state index contributed by atoms with van der Waals surface area (Å²) in [7, 11) is 0. The van der Waals surface area contributed by atoms with Gasteiger partial charge in [0.15, 0.2) is 0 Å². The first kappa shape index (κ1) is 15.4. The summed E-state index contributed by atoms with van der Waals surface area (Å²) in [4.78, 5) is 26.0. The van der Waals surface area contributed by atoms with E-state index in [0.29, 0.717) is 18.5 Å². The predicted molar refractivity (Wildman–Crippen MR) is 94.8 cm³/mol. The number of nitrogens with two attached hydrogens (primary N) is 1. The fourth-order valence-corrected chi connectivity index (χ4v) is 3.52. The lowest BCUT2D eigenvalue weighted by molar-refractivity contribution is -0.122. The lowest BCUT2D eigenvalue weighted by Gasteiger charge is -2.23. The minimum Gasteiger partial charge on any atom is -0.464 e. The number of carbonyl (C=O) groups is 2. The van der Waals surface area contributed by atoms with Crippen molar-refractivity contribution in [2.45, 2.75) is 25.9 Å². The average molecular weight is 334 g/mol. The summed E-state index contributed by atoms with van der Waals surface area (Å²) in [6, 6.07) is 13.0. The van der Waals surface area contributed by atoms with Gasteiger partial charge in [-0.15, -0.1) is 0 Å². The standard InChI is InChI=1S/C20H18N2O3/c1-2-17(19(21)23)22-10-13-8-7-12(9-15(13)20(22)24)16-11-25-18-6-4-3-5-14(16)18/h3-9,11,17H,2,10H2,1H3,(H2,21,23). The quantitative estimate of drug-likeness (QED) is 0.795. The molecule has 1 aromatic heterocycles. The van der Waals surface area contributed by atoms with E-state index in [-0.39, 0.29) is 5.91 Å². The molecule has 2 amide bonds. The molecular weight excluding hydrogens is 316 g/mol.